The van der Waals surface area contributed by atoms with Gasteiger partial charge >= 0.3 is 0 Å². The van der Waals surface area contributed by atoms with E-state index in [9.17, 15) is 18.0 Å². The predicted molar refractivity (Wildman–Crippen MR) is 181 cm³/mol. The highest BCUT2D eigenvalue weighted by Gasteiger charge is 2.35. The molecule has 0 bridgehead atoms. The van der Waals surface area contributed by atoms with E-state index >= 15 is 0 Å². The second-order valence-electron chi connectivity index (χ2n) is 11.0. The minimum atomic E-state index is -4.29. The SMILES string of the molecule is CC[C@H](C)NC(=O)[C@@H](Cc1ccccc1)N(Cc1ccc(C)cc1)C(=O)CN(c1cc(Cl)ccc1Cl)S(=O)(=O)c1ccccc1. The van der Waals surface area contributed by atoms with Crippen molar-refractivity contribution in [3.05, 3.63) is 130 Å². The lowest BCUT2D eigenvalue weighted by molar-refractivity contribution is -0.140. The lowest BCUT2D eigenvalue weighted by Gasteiger charge is -2.34. The number of amides is 2. The Bertz CT molecular complexity index is 1700. The molecule has 0 aromatic heterocycles. The summed E-state index contributed by atoms with van der Waals surface area (Å²) in [6, 6.07) is 28.3. The summed E-state index contributed by atoms with van der Waals surface area (Å²) in [7, 11) is -4.29. The number of halogens is 2. The highest BCUT2D eigenvalue weighted by atomic mass is 35.5. The summed E-state index contributed by atoms with van der Waals surface area (Å²) in [6.07, 6.45) is 0.927. The van der Waals surface area contributed by atoms with Crippen LogP contribution in [0, 0.1) is 6.92 Å². The molecule has 0 aliphatic heterocycles. The molecule has 0 unspecified atom stereocenters. The maximum absolute atomic E-state index is 14.5. The molecule has 0 aliphatic rings. The normalized spacial score (nSPS) is 12.6. The van der Waals surface area contributed by atoms with Crippen LogP contribution in [0.4, 0.5) is 5.69 Å². The standard InChI is InChI=1S/C35H37Cl2N3O4S/c1-4-26(3)38-35(42)33(21-27-11-7-5-8-12-27)39(23-28-17-15-25(2)16-18-28)34(41)24-40(32-22-29(36)19-20-31(32)37)45(43,44)30-13-9-6-10-14-30/h5-20,22,26,33H,4,21,23-24H2,1-3H3,(H,38,42)/t26-,33+/m0/s1. The number of nitrogens with one attached hydrogen (secondary N) is 1. The third-order valence-corrected chi connectivity index (χ3v) is 9.86. The van der Waals surface area contributed by atoms with E-state index in [4.69, 9.17) is 23.2 Å². The van der Waals surface area contributed by atoms with Gasteiger partial charge < -0.3 is 10.2 Å². The molecule has 0 radical (unpaired) electrons. The van der Waals surface area contributed by atoms with Gasteiger partial charge in [-0.1, -0.05) is 108 Å². The number of benzene rings is 4. The van der Waals surface area contributed by atoms with Crippen molar-refractivity contribution in [1.82, 2.24) is 10.2 Å². The summed E-state index contributed by atoms with van der Waals surface area (Å²) in [6.45, 7) is 5.29. The Hall–Kier alpha value is -3.85. The van der Waals surface area contributed by atoms with E-state index in [0.717, 1.165) is 21.0 Å². The molecule has 4 aromatic rings. The van der Waals surface area contributed by atoms with Gasteiger partial charge in [-0.2, -0.15) is 0 Å². The Labute approximate surface area is 275 Å². The second kappa shape index (κ2) is 15.4. The minimum absolute atomic E-state index is 0.0192. The molecule has 236 valence electrons. The van der Waals surface area contributed by atoms with Crippen LogP contribution in [-0.4, -0.2) is 43.8 Å². The monoisotopic (exact) mass is 665 g/mol. The molecule has 10 heteroatoms. The van der Waals surface area contributed by atoms with Crippen LogP contribution in [0.1, 0.15) is 37.0 Å². The van der Waals surface area contributed by atoms with Crippen LogP contribution in [0.25, 0.3) is 0 Å². The zero-order valence-corrected chi connectivity index (χ0v) is 27.8. The van der Waals surface area contributed by atoms with Crippen LogP contribution >= 0.6 is 23.2 Å². The molecular formula is C35H37Cl2N3O4S. The van der Waals surface area contributed by atoms with E-state index in [0.29, 0.717) is 6.42 Å². The molecule has 0 saturated carbocycles. The Morgan fingerprint density at radius 3 is 2.09 bits per heavy atom. The fourth-order valence-corrected chi connectivity index (χ4v) is 6.68. The summed E-state index contributed by atoms with van der Waals surface area (Å²) in [5, 5.41) is 3.39. The van der Waals surface area contributed by atoms with Gasteiger partial charge in [-0.05, 0) is 61.7 Å². The molecule has 2 amide bonds. The number of sulfonamides is 1. The largest absolute Gasteiger partial charge is 0.352 e. The van der Waals surface area contributed by atoms with Crippen molar-refractivity contribution in [2.45, 2.75) is 57.1 Å². The molecule has 4 rings (SSSR count). The van der Waals surface area contributed by atoms with Gasteiger partial charge in [0, 0.05) is 24.0 Å². The smallest absolute Gasteiger partial charge is 0.264 e. The molecule has 7 nitrogen and oxygen atoms in total. The number of carbonyl (C=O) groups is 2. The lowest BCUT2D eigenvalue weighted by Crippen LogP contribution is -2.54. The van der Waals surface area contributed by atoms with Gasteiger partial charge in [0.1, 0.15) is 12.6 Å². The van der Waals surface area contributed by atoms with Crippen LogP contribution in [0.5, 0.6) is 0 Å². The highest BCUT2D eigenvalue weighted by Crippen LogP contribution is 2.33. The molecule has 0 aliphatic carbocycles. The fourth-order valence-electron chi connectivity index (χ4n) is 4.80. The predicted octanol–water partition coefficient (Wildman–Crippen LogP) is 7.05. The van der Waals surface area contributed by atoms with Crippen molar-refractivity contribution in [3.63, 3.8) is 0 Å². The first-order valence-electron chi connectivity index (χ1n) is 14.7. The van der Waals surface area contributed by atoms with Gasteiger partial charge in [-0.15, -0.1) is 0 Å². The lowest BCUT2D eigenvalue weighted by atomic mass is 10.0. The average molecular weight is 667 g/mol. The van der Waals surface area contributed by atoms with E-state index in [1.165, 1.54) is 29.2 Å². The molecule has 0 fully saturated rings. The molecule has 45 heavy (non-hydrogen) atoms. The van der Waals surface area contributed by atoms with Crippen LogP contribution in [0.2, 0.25) is 10.0 Å². The molecular weight excluding hydrogens is 629 g/mol. The van der Waals surface area contributed by atoms with Gasteiger partial charge in [-0.3, -0.25) is 13.9 Å². The van der Waals surface area contributed by atoms with Crippen molar-refractivity contribution in [1.29, 1.82) is 0 Å². The maximum atomic E-state index is 14.5. The molecule has 2 atom stereocenters. The van der Waals surface area contributed by atoms with E-state index in [1.54, 1.807) is 24.3 Å². The molecule has 1 N–H and O–H groups in total. The van der Waals surface area contributed by atoms with Gasteiger partial charge in [0.2, 0.25) is 11.8 Å². The molecule has 0 spiro atoms. The Balaban J connectivity index is 1.83. The third-order valence-electron chi connectivity index (χ3n) is 7.53. The first-order chi connectivity index (χ1) is 21.5. The van der Waals surface area contributed by atoms with E-state index < -0.39 is 28.5 Å². The van der Waals surface area contributed by atoms with E-state index in [2.05, 4.69) is 5.32 Å². The van der Waals surface area contributed by atoms with Gasteiger partial charge in [0.05, 0.1) is 15.6 Å². The number of anilines is 1. The van der Waals surface area contributed by atoms with Crippen molar-refractivity contribution in [2.75, 3.05) is 10.8 Å². The minimum Gasteiger partial charge on any atom is -0.352 e. The quantitative estimate of drug-likeness (QED) is 0.166. The zero-order valence-electron chi connectivity index (χ0n) is 25.5. The molecule has 4 aromatic carbocycles. The number of nitrogens with zero attached hydrogens (tertiary/aromatic N) is 2. The van der Waals surface area contributed by atoms with Gasteiger partial charge in [0.15, 0.2) is 0 Å². The highest BCUT2D eigenvalue weighted by molar-refractivity contribution is 7.92. The summed E-state index contributed by atoms with van der Waals surface area (Å²) < 4.78 is 29.2. The number of rotatable bonds is 13. The zero-order chi connectivity index (χ0) is 32.6. The average Bonchev–Trinajstić information content (AvgIpc) is 3.04. The van der Waals surface area contributed by atoms with Crippen molar-refractivity contribution >= 4 is 50.7 Å². The van der Waals surface area contributed by atoms with Crippen LogP contribution < -0.4 is 9.62 Å². The first-order valence-corrected chi connectivity index (χ1v) is 16.9. The first kappa shape index (κ1) is 34.0. The van der Waals surface area contributed by atoms with Gasteiger partial charge in [0.25, 0.3) is 10.0 Å². The van der Waals surface area contributed by atoms with Crippen LogP contribution in [0.3, 0.4) is 0 Å². The van der Waals surface area contributed by atoms with E-state index in [-0.39, 0.29) is 45.5 Å². The number of aryl methyl sites for hydroxylation is 1. The molecule has 0 heterocycles. The number of hydrogen-bond acceptors (Lipinski definition) is 4. The molecule has 0 saturated heterocycles. The van der Waals surface area contributed by atoms with Crippen molar-refractivity contribution in [3.8, 4) is 0 Å². The Morgan fingerprint density at radius 2 is 1.47 bits per heavy atom. The third kappa shape index (κ3) is 8.87. The van der Waals surface area contributed by atoms with E-state index in [1.807, 2.05) is 75.4 Å². The summed E-state index contributed by atoms with van der Waals surface area (Å²) in [5.74, 6) is -0.904. The Kier molecular flexibility index (Phi) is 11.7. The van der Waals surface area contributed by atoms with Crippen molar-refractivity contribution < 1.29 is 18.0 Å². The van der Waals surface area contributed by atoms with Crippen molar-refractivity contribution in [2.24, 2.45) is 0 Å². The van der Waals surface area contributed by atoms with Crippen LogP contribution in [-0.2, 0) is 32.6 Å². The summed E-state index contributed by atoms with van der Waals surface area (Å²) in [5.41, 5.74) is 2.75. The van der Waals surface area contributed by atoms with Gasteiger partial charge in [-0.25, -0.2) is 8.42 Å². The fraction of sp³-hybridized carbons (Fsp3) is 0.257. The maximum Gasteiger partial charge on any atom is 0.264 e. The number of carbonyl (C=O) groups excluding carboxylic acids is 2. The second-order valence-corrected chi connectivity index (χ2v) is 13.7. The summed E-state index contributed by atoms with van der Waals surface area (Å²) >= 11 is 12.8. The topological polar surface area (TPSA) is 86.8 Å². The Morgan fingerprint density at radius 1 is 0.844 bits per heavy atom. The van der Waals surface area contributed by atoms with Crippen LogP contribution in [0.15, 0.2) is 108 Å². The number of hydrogen-bond donors (Lipinski definition) is 1. The summed E-state index contributed by atoms with van der Waals surface area (Å²) in [4.78, 5) is 29.9.